The van der Waals surface area contributed by atoms with Gasteiger partial charge in [-0.3, -0.25) is 0 Å². The molecular weight excluding hydrogens is 272 g/mol. The van der Waals surface area contributed by atoms with E-state index in [-0.39, 0.29) is 5.88 Å². The summed E-state index contributed by atoms with van der Waals surface area (Å²) in [6.07, 6.45) is 0. The lowest BCUT2D eigenvalue weighted by atomic mass is 10.2. The van der Waals surface area contributed by atoms with Crippen LogP contribution >= 0.6 is 0 Å². The SMILES string of the molecule is CN(C)c1ccc(N)c(Oc2ccc3n[nH]c(=O)n3n2)c1. The molecule has 0 saturated heterocycles. The molecule has 2 aromatic heterocycles. The van der Waals surface area contributed by atoms with E-state index in [1.54, 1.807) is 24.3 Å². The highest BCUT2D eigenvalue weighted by molar-refractivity contribution is 5.62. The van der Waals surface area contributed by atoms with Gasteiger partial charge in [0.05, 0.1) is 5.69 Å². The monoisotopic (exact) mass is 286 g/mol. The number of hydrogen-bond acceptors (Lipinski definition) is 6. The second-order valence-corrected chi connectivity index (χ2v) is 4.69. The molecule has 3 aromatic rings. The van der Waals surface area contributed by atoms with E-state index in [2.05, 4.69) is 15.3 Å². The summed E-state index contributed by atoms with van der Waals surface area (Å²) in [6, 6.07) is 8.70. The van der Waals surface area contributed by atoms with E-state index >= 15 is 0 Å². The van der Waals surface area contributed by atoms with Gasteiger partial charge in [-0.2, -0.15) is 9.61 Å². The van der Waals surface area contributed by atoms with Crippen molar-refractivity contribution in [1.29, 1.82) is 0 Å². The molecule has 108 valence electrons. The van der Waals surface area contributed by atoms with E-state index in [0.717, 1.165) is 10.2 Å². The van der Waals surface area contributed by atoms with Gasteiger partial charge in [-0.25, -0.2) is 9.89 Å². The predicted molar refractivity (Wildman–Crippen MR) is 78.9 cm³/mol. The van der Waals surface area contributed by atoms with Crippen molar-refractivity contribution in [2.45, 2.75) is 0 Å². The van der Waals surface area contributed by atoms with Crippen molar-refractivity contribution in [3.8, 4) is 11.6 Å². The number of rotatable bonds is 3. The average Bonchev–Trinajstić information content (AvgIpc) is 2.82. The molecule has 0 bridgehead atoms. The molecule has 3 N–H and O–H groups in total. The summed E-state index contributed by atoms with van der Waals surface area (Å²) in [5.74, 6) is 0.734. The average molecular weight is 286 g/mol. The Labute approximate surface area is 119 Å². The lowest BCUT2D eigenvalue weighted by Crippen LogP contribution is -2.12. The number of hydrogen-bond donors (Lipinski definition) is 2. The van der Waals surface area contributed by atoms with Crippen molar-refractivity contribution < 1.29 is 4.74 Å². The molecule has 0 unspecified atom stereocenters. The number of nitrogens with zero attached hydrogens (tertiary/aromatic N) is 4. The van der Waals surface area contributed by atoms with Crippen LogP contribution in [0.2, 0.25) is 0 Å². The molecule has 8 nitrogen and oxygen atoms in total. The van der Waals surface area contributed by atoms with Crippen LogP contribution in [0.5, 0.6) is 11.6 Å². The Kier molecular flexibility index (Phi) is 2.98. The second kappa shape index (κ2) is 4.82. The third kappa shape index (κ3) is 2.38. The third-order valence-electron chi connectivity index (χ3n) is 2.98. The molecule has 0 amide bonds. The number of benzene rings is 1. The standard InChI is InChI=1S/C13H14N6O2/c1-18(2)8-3-4-9(14)10(7-8)21-12-6-5-11-15-16-13(20)19(11)17-12/h3-7H,14H2,1-2H3,(H,16,20). The number of H-pyrrole nitrogens is 1. The van der Waals surface area contributed by atoms with Crippen LogP contribution in [0.4, 0.5) is 11.4 Å². The van der Waals surface area contributed by atoms with Crippen LogP contribution < -0.4 is 21.1 Å². The van der Waals surface area contributed by atoms with Gasteiger partial charge in [0.1, 0.15) is 0 Å². The largest absolute Gasteiger partial charge is 0.435 e. The van der Waals surface area contributed by atoms with Crippen LogP contribution in [-0.4, -0.2) is 33.9 Å². The number of aromatic nitrogens is 4. The summed E-state index contributed by atoms with van der Waals surface area (Å²) in [5.41, 5.74) is 7.33. The summed E-state index contributed by atoms with van der Waals surface area (Å²) in [7, 11) is 3.84. The van der Waals surface area contributed by atoms with E-state index < -0.39 is 5.69 Å². The molecule has 3 rings (SSSR count). The molecule has 0 spiro atoms. The first-order valence-corrected chi connectivity index (χ1v) is 6.24. The minimum absolute atomic E-state index is 0.258. The molecule has 0 aliphatic rings. The Hall–Kier alpha value is -3.03. The van der Waals surface area contributed by atoms with E-state index in [9.17, 15) is 4.79 Å². The quantitative estimate of drug-likeness (QED) is 0.692. The van der Waals surface area contributed by atoms with E-state index in [4.69, 9.17) is 10.5 Å². The first-order valence-electron chi connectivity index (χ1n) is 6.24. The zero-order valence-electron chi connectivity index (χ0n) is 11.6. The number of aromatic amines is 1. The first kappa shape index (κ1) is 13.0. The number of anilines is 2. The summed E-state index contributed by atoms with van der Waals surface area (Å²) in [4.78, 5) is 13.4. The molecular formula is C13H14N6O2. The van der Waals surface area contributed by atoms with Crippen LogP contribution in [0, 0.1) is 0 Å². The second-order valence-electron chi connectivity index (χ2n) is 4.69. The number of nitrogens with two attached hydrogens (primary N) is 1. The minimum Gasteiger partial charge on any atom is -0.435 e. The third-order valence-corrected chi connectivity index (χ3v) is 2.98. The fourth-order valence-electron chi connectivity index (χ4n) is 1.84. The van der Waals surface area contributed by atoms with Gasteiger partial charge in [-0.05, 0) is 18.2 Å². The normalized spacial score (nSPS) is 10.8. The molecule has 0 fully saturated rings. The van der Waals surface area contributed by atoms with Crippen molar-refractivity contribution in [2.75, 3.05) is 24.7 Å². The van der Waals surface area contributed by atoms with Gasteiger partial charge < -0.3 is 15.4 Å². The van der Waals surface area contributed by atoms with Gasteiger partial charge in [-0.1, -0.05) is 0 Å². The number of fused-ring (bicyclic) bond motifs is 1. The maximum atomic E-state index is 11.5. The fraction of sp³-hybridized carbons (Fsp3) is 0.154. The van der Waals surface area contributed by atoms with Crippen LogP contribution in [0.1, 0.15) is 0 Å². The lowest BCUT2D eigenvalue weighted by Gasteiger charge is -2.15. The van der Waals surface area contributed by atoms with Crippen molar-refractivity contribution in [3.63, 3.8) is 0 Å². The minimum atomic E-state index is -0.425. The number of nitrogen functional groups attached to an aromatic ring is 1. The van der Waals surface area contributed by atoms with Gasteiger partial charge >= 0.3 is 5.69 Å². The Balaban J connectivity index is 1.99. The zero-order chi connectivity index (χ0) is 15.0. The summed E-state index contributed by atoms with van der Waals surface area (Å²) < 4.78 is 6.79. The molecule has 21 heavy (non-hydrogen) atoms. The molecule has 8 heteroatoms. The van der Waals surface area contributed by atoms with Crippen LogP contribution in [-0.2, 0) is 0 Å². The molecule has 0 atom stereocenters. The van der Waals surface area contributed by atoms with Crippen LogP contribution in [0.3, 0.4) is 0 Å². The highest BCUT2D eigenvalue weighted by Crippen LogP contribution is 2.30. The fourth-order valence-corrected chi connectivity index (χ4v) is 1.84. The molecule has 0 saturated carbocycles. The molecule has 1 aromatic carbocycles. The lowest BCUT2D eigenvalue weighted by molar-refractivity contribution is 0.453. The molecule has 0 radical (unpaired) electrons. The predicted octanol–water partition coefficient (Wildman–Crippen LogP) is 0.858. The van der Waals surface area contributed by atoms with E-state index in [1.807, 2.05) is 25.1 Å². The highest BCUT2D eigenvalue weighted by Gasteiger charge is 2.08. The molecule has 0 aliphatic heterocycles. The summed E-state index contributed by atoms with van der Waals surface area (Å²) in [6.45, 7) is 0. The van der Waals surface area contributed by atoms with E-state index in [1.165, 1.54) is 0 Å². The van der Waals surface area contributed by atoms with Crippen molar-refractivity contribution in [2.24, 2.45) is 0 Å². The van der Waals surface area contributed by atoms with Gasteiger partial charge in [0.25, 0.3) is 0 Å². The van der Waals surface area contributed by atoms with Gasteiger partial charge in [-0.15, -0.1) is 5.10 Å². The van der Waals surface area contributed by atoms with Crippen molar-refractivity contribution in [3.05, 3.63) is 40.8 Å². The van der Waals surface area contributed by atoms with Crippen LogP contribution in [0.15, 0.2) is 35.1 Å². The van der Waals surface area contributed by atoms with E-state index in [0.29, 0.717) is 17.1 Å². The van der Waals surface area contributed by atoms with Gasteiger partial charge in [0.15, 0.2) is 11.4 Å². The molecule has 0 aliphatic carbocycles. The first-order chi connectivity index (χ1) is 10.0. The van der Waals surface area contributed by atoms with Crippen LogP contribution in [0.25, 0.3) is 5.65 Å². The maximum Gasteiger partial charge on any atom is 0.364 e. The van der Waals surface area contributed by atoms with Gasteiger partial charge in [0, 0.05) is 31.9 Å². The Morgan fingerprint density at radius 1 is 1.29 bits per heavy atom. The summed E-state index contributed by atoms with van der Waals surface area (Å²) >= 11 is 0. The zero-order valence-corrected chi connectivity index (χ0v) is 11.6. The smallest absolute Gasteiger partial charge is 0.364 e. The Morgan fingerprint density at radius 3 is 2.86 bits per heavy atom. The van der Waals surface area contributed by atoms with Gasteiger partial charge in [0.2, 0.25) is 5.88 Å². The van der Waals surface area contributed by atoms with Crippen molar-refractivity contribution in [1.82, 2.24) is 19.8 Å². The number of nitrogens with one attached hydrogen (secondary N) is 1. The molecule has 2 heterocycles. The topological polar surface area (TPSA) is 102 Å². The Bertz CT molecular complexity index is 851. The highest BCUT2D eigenvalue weighted by atomic mass is 16.5. The number of ether oxygens (including phenoxy) is 1. The van der Waals surface area contributed by atoms with Crippen molar-refractivity contribution >= 4 is 17.0 Å². The summed E-state index contributed by atoms with van der Waals surface area (Å²) in [5, 5.41) is 10.2. The Morgan fingerprint density at radius 2 is 2.10 bits per heavy atom. The maximum absolute atomic E-state index is 11.5.